The molecule has 0 aliphatic rings. The lowest BCUT2D eigenvalue weighted by atomic mass is 9.98. The van der Waals surface area contributed by atoms with Crippen LogP contribution >= 0.6 is 0 Å². The Labute approximate surface area is 147 Å². The van der Waals surface area contributed by atoms with Gasteiger partial charge in [-0.1, -0.05) is 38.0 Å². The van der Waals surface area contributed by atoms with E-state index in [0.717, 1.165) is 19.3 Å². The second kappa shape index (κ2) is 10.6. The molecule has 0 unspecified atom stereocenters. The van der Waals surface area contributed by atoms with Crippen molar-refractivity contribution in [3.63, 3.8) is 0 Å². The number of nitrogens with two attached hydrogens (primary N) is 1. The zero-order valence-corrected chi connectivity index (χ0v) is 14.4. The van der Waals surface area contributed by atoms with Crippen LogP contribution in [0.25, 0.3) is 0 Å². The molecule has 1 aromatic carbocycles. The van der Waals surface area contributed by atoms with E-state index < -0.39 is 36.2 Å². The van der Waals surface area contributed by atoms with Crippen molar-refractivity contribution in [1.29, 1.82) is 0 Å². The molecule has 0 aliphatic heterocycles. The van der Waals surface area contributed by atoms with Crippen molar-refractivity contribution in [3.05, 3.63) is 35.4 Å². The smallest absolute Gasteiger partial charge is 0.321 e. The van der Waals surface area contributed by atoms with E-state index in [-0.39, 0.29) is 6.42 Å². The maximum Gasteiger partial charge on any atom is 0.321 e. The van der Waals surface area contributed by atoms with E-state index in [2.05, 4.69) is 12.2 Å². The van der Waals surface area contributed by atoms with Gasteiger partial charge in [0.1, 0.15) is 6.04 Å². The Hall–Kier alpha value is -2.25. The van der Waals surface area contributed by atoms with Gasteiger partial charge in [0, 0.05) is 5.56 Å². The quantitative estimate of drug-likeness (QED) is 0.331. The van der Waals surface area contributed by atoms with E-state index in [1.807, 2.05) is 0 Å². The summed E-state index contributed by atoms with van der Waals surface area (Å²) in [6, 6.07) is 4.66. The van der Waals surface area contributed by atoms with Gasteiger partial charge in [-0.3, -0.25) is 14.4 Å². The summed E-state index contributed by atoms with van der Waals surface area (Å²) in [6.07, 6.45) is 2.78. The lowest BCUT2D eigenvalue weighted by molar-refractivity contribution is -0.139. The lowest BCUT2D eigenvalue weighted by Crippen LogP contribution is -2.39. The molecule has 5 N–H and O–H groups in total. The maximum absolute atomic E-state index is 12.2. The number of benzene rings is 1. The summed E-state index contributed by atoms with van der Waals surface area (Å²) >= 11 is 0. The summed E-state index contributed by atoms with van der Waals surface area (Å²) in [5.41, 5.74) is 6.58. The van der Waals surface area contributed by atoms with Gasteiger partial charge in [0.05, 0.1) is 12.5 Å². The number of carboxylic acids is 2. The molecule has 7 nitrogen and oxygen atoms in total. The van der Waals surface area contributed by atoms with Gasteiger partial charge in [0.2, 0.25) is 0 Å². The molecule has 0 amide bonds. The third kappa shape index (κ3) is 7.45. The molecule has 0 aliphatic carbocycles. The van der Waals surface area contributed by atoms with Crippen LogP contribution in [0.3, 0.4) is 0 Å². The predicted octanol–water partition coefficient (Wildman–Crippen LogP) is 1.45. The molecule has 0 fully saturated rings. The number of carboxylic acid groups (broad SMARTS) is 2. The van der Waals surface area contributed by atoms with Crippen molar-refractivity contribution >= 4 is 17.7 Å². The first-order valence-corrected chi connectivity index (χ1v) is 8.41. The maximum atomic E-state index is 12.2. The van der Waals surface area contributed by atoms with Gasteiger partial charge in [-0.05, 0) is 31.0 Å². The minimum atomic E-state index is -1.14. The summed E-state index contributed by atoms with van der Waals surface area (Å²) in [4.78, 5) is 34.3. The number of unbranched alkanes of at least 4 members (excludes halogenated alkanes) is 2. The molecule has 0 heterocycles. The number of ketones is 1. The Kier molecular flexibility index (Phi) is 8.80. The number of rotatable bonds is 12. The van der Waals surface area contributed by atoms with E-state index >= 15 is 0 Å². The predicted molar refractivity (Wildman–Crippen MR) is 93.7 cm³/mol. The van der Waals surface area contributed by atoms with Crippen molar-refractivity contribution in [2.45, 2.75) is 51.1 Å². The molecule has 138 valence electrons. The number of aliphatic carboxylic acids is 2. The number of nitrogens with one attached hydrogen (secondary N) is 1. The number of carbonyl (C=O) groups excluding carboxylic acids is 1. The average molecular weight is 350 g/mol. The fourth-order valence-electron chi connectivity index (χ4n) is 2.48. The van der Waals surface area contributed by atoms with Crippen LogP contribution in [0.5, 0.6) is 0 Å². The van der Waals surface area contributed by atoms with E-state index in [0.29, 0.717) is 17.7 Å². The Morgan fingerprint density at radius 2 is 1.92 bits per heavy atom. The van der Waals surface area contributed by atoms with Crippen LogP contribution in [0.15, 0.2) is 24.3 Å². The number of hydrogen-bond acceptors (Lipinski definition) is 5. The largest absolute Gasteiger partial charge is 0.481 e. The van der Waals surface area contributed by atoms with E-state index in [4.69, 9.17) is 10.8 Å². The van der Waals surface area contributed by atoms with Crippen molar-refractivity contribution in [1.82, 2.24) is 5.32 Å². The highest BCUT2D eigenvalue weighted by Gasteiger charge is 2.21. The Bertz CT molecular complexity index is 603. The lowest BCUT2D eigenvalue weighted by Gasteiger charge is -2.15. The minimum Gasteiger partial charge on any atom is -0.481 e. The highest BCUT2D eigenvalue weighted by Crippen LogP contribution is 2.11. The number of hydrogen-bond donors (Lipinski definition) is 4. The van der Waals surface area contributed by atoms with Crippen molar-refractivity contribution < 1.29 is 24.6 Å². The van der Waals surface area contributed by atoms with Crippen LogP contribution in [0.2, 0.25) is 0 Å². The fraction of sp³-hybridized carbons (Fsp3) is 0.500. The van der Waals surface area contributed by atoms with Crippen molar-refractivity contribution in [3.8, 4) is 0 Å². The first kappa shape index (κ1) is 20.8. The molecule has 1 aromatic rings. The standard InChI is InChI=1S/C18H26N2O5/c1-2-3-4-8-20-15(18(24)25)10-12-6-5-7-13(9-12)17(23)14(19)11-16(21)22/h5-7,9,14-15,20H,2-4,8,10-11,19H2,1H3,(H,21,22)(H,24,25)/t14-,15-/m0/s1. The first-order valence-electron chi connectivity index (χ1n) is 8.41. The zero-order valence-electron chi connectivity index (χ0n) is 14.4. The monoisotopic (exact) mass is 350 g/mol. The van der Waals surface area contributed by atoms with Crippen molar-refractivity contribution in [2.24, 2.45) is 5.73 Å². The van der Waals surface area contributed by atoms with Crippen LogP contribution in [0.1, 0.15) is 48.5 Å². The van der Waals surface area contributed by atoms with Gasteiger partial charge in [0.25, 0.3) is 0 Å². The van der Waals surface area contributed by atoms with Crippen molar-refractivity contribution in [2.75, 3.05) is 6.54 Å². The van der Waals surface area contributed by atoms with Gasteiger partial charge in [-0.25, -0.2) is 0 Å². The normalized spacial score (nSPS) is 13.2. The molecule has 7 heteroatoms. The van der Waals surface area contributed by atoms with Crippen LogP contribution in [-0.4, -0.2) is 46.6 Å². The van der Waals surface area contributed by atoms with Gasteiger partial charge >= 0.3 is 11.9 Å². The van der Waals surface area contributed by atoms with Crippen LogP contribution < -0.4 is 11.1 Å². The molecule has 0 spiro atoms. The molecule has 25 heavy (non-hydrogen) atoms. The molecule has 0 saturated carbocycles. The summed E-state index contributed by atoms with van der Waals surface area (Å²) in [6.45, 7) is 2.69. The average Bonchev–Trinajstić information content (AvgIpc) is 2.56. The summed E-state index contributed by atoms with van der Waals surface area (Å²) in [5.74, 6) is -2.55. The first-order chi connectivity index (χ1) is 11.8. The van der Waals surface area contributed by atoms with E-state index in [1.165, 1.54) is 0 Å². The molecule has 0 aromatic heterocycles. The highest BCUT2D eigenvalue weighted by atomic mass is 16.4. The summed E-state index contributed by atoms with van der Waals surface area (Å²) in [5, 5.41) is 21.1. The number of Topliss-reactive ketones (excluding diaryl/α,β-unsaturated/α-hetero) is 1. The SMILES string of the molecule is CCCCCN[C@@H](Cc1cccc(C(=O)[C@@H](N)CC(=O)O)c1)C(=O)O. The van der Waals surface area contributed by atoms with Gasteiger partial charge in [-0.15, -0.1) is 0 Å². The molecule has 1 rings (SSSR count). The molecule has 0 radical (unpaired) electrons. The van der Waals surface area contributed by atoms with Gasteiger partial charge in [0.15, 0.2) is 5.78 Å². The third-order valence-electron chi connectivity index (χ3n) is 3.85. The Morgan fingerprint density at radius 3 is 2.52 bits per heavy atom. The molecule has 2 atom stereocenters. The number of carbonyl (C=O) groups is 3. The van der Waals surface area contributed by atoms with Crippen LogP contribution in [0, 0.1) is 0 Å². The summed E-state index contributed by atoms with van der Waals surface area (Å²) < 4.78 is 0. The Morgan fingerprint density at radius 1 is 1.20 bits per heavy atom. The van der Waals surface area contributed by atoms with E-state index in [1.54, 1.807) is 24.3 Å². The molecular formula is C18H26N2O5. The molecule has 0 bridgehead atoms. The second-order valence-corrected chi connectivity index (χ2v) is 6.03. The third-order valence-corrected chi connectivity index (χ3v) is 3.85. The second-order valence-electron chi connectivity index (χ2n) is 6.03. The minimum absolute atomic E-state index is 0.233. The Balaban J connectivity index is 2.76. The van der Waals surface area contributed by atoms with Gasteiger partial charge in [-0.2, -0.15) is 0 Å². The zero-order chi connectivity index (χ0) is 18.8. The fourth-order valence-corrected chi connectivity index (χ4v) is 2.48. The molecular weight excluding hydrogens is 324 g/mol. The topological polar surface area (TPSA) is 130 Å². The van der Waals surface area contributed by atoms with Crippen LogP contribution in [0.4, 0.5) is 0 Å². The molecule has 0 saturated heterocycles. The summed E-state index contributed by atoms with van der Waals surface area (Å²) in [7, 11) is 0. The highest BCUT2D eigenvalue weighted by molar-refractivity contribution is 6.01. The van der Waals surface area contributed by atoms with E-state index in [9.17, 15) is 19.5 Å². The van der Waals surface area contributed by atoms with Gasteiger partial charge < -0.3 is 21.3 Å². The van der Waals surface area contributed by atoms with Crippen LogP contribution in [-0.2, 0) is 16.0 Å².